The fraction of sp³-hybridized carbons (Fsp3) is 0. The first-order valence-electron chi connectivity index (χ1n) is 4.35. The molecule has 0 aliphatic rings. The van der Waals surface area contributed by atoms with Gasteiger partial charge in [0.1, 0.15) is 11.1 Å². The Bertz CT molecular complexity index is 537. The van der Waals surface area contributed by atoms with E-state index in [4.69, 9.17) is 16.7 Å². The highest BCUT2D eigenvalue weighted by Crippen LogP contribution is 2.33. The van der Waals surface area contributed by atoms with Crippen LogP contribution in [0.4, 0.5) is 10.7 Å². The maximum Gasteiger partial charge on any atom is 0.104 e. The number of thiophene rings is 1. The summed E-state index contributed by atoms with van der Waals surface area (Å²) < 4.78 is 0. The molecule has 15 heavy (non-hydrogen) atoms. The Labute approximate surface area is 91.6 Å². The second-order valence-electron chi connectivity index (χ2n) is 3.13. The number of anilines is 2. The Kier molecular flexibility index (Phi) is 2.32. The topological polar surface area (TPSA) is 75.8 Å². The van der Waals surface area contributed by atoms with E-state index in [1.54, 1.807) is 0 Å². The number of nitriles is 1. The summed E-state index contributed by atoms with van der Waals surface area (Å²) in [6.07, 6.45) is 0. The van der Waals surface area contributed by atoms with E-state index < -0.39 is 0 Å². The van der Waals surface area contributed by atoms with E-state index >= 15 is 0 Å². The van der Waals surface area contributed by atoms with Gasteiger partial charge in [-0.1, -0.05) is 12.1 Å². The molecule has 3 nitrogen and oxygen atoms in total. The molecule has 0 spiro atoms. The van der Waals surface area contributed by atoms with Gasteiger partial charge in [-0.15, -0.1) is 11.3 Å². The first kappa shape index (κ1) is 9.56. The van der Waals surface area contributed by atoms with Crippen molar-refractivity contribution in [3.63, 3.8) is 0 Å². The normalized spacial score (nSPS) is 9.80. The standard InChI is InChI=1S/C11H9N3S/c12-5-9-10(6-15-11(9)14)7-2-1-3-8(13)4-7/h1-4,6H,13-14H2. The molecule has 1 aromatic heterocycles. The van der Waals surface area contributed by atoms with Crippen LogP contribution in [0.1, 0.15) is 5.56 Å². The Morgan fingerprint density at radius 1 is 1.27 bits per heavy atom. The second kappa shape index (κ2) is 3.64. The number of nitrogen functional groups attached to an aromatic ring is 2. The van der Waals surface area contributed by atoms with E-state index in [2.05, 4.69) is 6.07 Å². The van der Waals surface area contributed by atoms with E-state index in [0.717, 1.165) is 11.1 Å². The largest absolute Gasteiger partial charge is 0.399 e. The minimum absolute atomic E-state index is 0.533. The minimum atomic E-state index is 0.533. The number of hydrogen-bond acceptors (Lipinski definition) is 4. The molecule has 0 fully saturated rings. The third kappa shape index (κ3) is 1.65. The van der Waals surface area contributed by atoms with Gasteiger partial charge in [0.25, 0.3) is 0 Å². The smallest absolute Gasteiger partial charge is 0.104 e. The average Bonchev–Trinajstić information content (AvgIpc) is 2.59. The molecule has 1 aromatic carbocycles. The molecule has 2 rings (SSSR count). The monoisotopic (exact) mass is 215 g/mol. The van der Waals surface area contributed by atoms with Crippen LogP contribution in [0, 0.1) is 11.3 Å². The molecule has 0 aliphatic heterocycles. The van der Waals surface area contributed by atoms with Crippen molar-refractivity contribution in [3.05, 3.63) is 35.2 Å². The third-order valence-electron chi connectivity index (χ3n) is 2.13. The Morgan fingerprint density at radius 2 is 2.07 bits per heavy atom. The van der Waals surface area contributed by atoms with Crippen molar-refractivity contribution in [3.8, 4) is 17.2 Å². The van der Waals surface area contributed by atoms with Gasteiger partial charge in [0.2, 0.25) is 0 Å². The van der Waals surface area contributed by atoms with Gasteiger partial charge in [-0.05, 0) is 17.7 Å². The number of benzene rings is 1. The minimum Gasteiger partial charge on any atom is -0.399 e. The van der Waals surface area contributed by atoms with E-state index in [1.807, 2.05) is 29.6 Å². The van der Waals surface area contributed by atoms with Crippen molar-refractivity contribution in [1.82, 2.24) is 0 Å². The molecule has 74 valence electrons. The first-order chi connectivity index (χ1) is 7.22. The lowest BCUT2D eigenvalue weighted by molar-refractivity contribution is 1.50. The molecule has 0 aliphatic carbocycles. The molecule has 0 atom stereocenters. The van der Waals surface area contributed by atoms with Crippen LogP contribution >= 0.6 is 11.3 Å². The fourth-order valence-electron chi connectivity index (χ4n) is 1.41. The highest BCUT2D eigenvalue weighted by molar-refractivity contribution is 7.14. The lowest BCUT2D eigenvalue weighted by Gasteiger charge is -2.00. The molecule has 4 N–H and O–H groups in total. The molecular weight excluding hydrogens is 206 g/mol. The van der Waals surface area contributed by atoms with Crippen LogP contribution in [0.25, 0.3) is 11.1 Å². The van der Waals surface area contributed by atoms with E-state index in [-0.39, 0.29) is 0 Å². The highest BCUT2D eigenvalue weighted by Gasteiger charge is 2.10. The first-order valence-corrected chi connectivity index (χ1v) is 5.23. The molecule has 0 bridgehead atoms. The third-order valence-corrected chi connectivity index (χ3v) is 2.94. The SMILES string of the molecule is N#Cc1c(-c2cccc(N)c2)csc1N. The molecule has 0 unspecified atom stereocenters. The molecular formula is C11H9N3S. The van der Waals surface area contributed by atoms with Gasteiger partial charge in [0.05, 0.1) is 5.56 Å². The van der Waals surface area contributed by atoms with Gasteiger partial charge in [-0.3, -0.25) is 0 Å². The summed E-state index contributed by atoms with van der Waals surface area (Å²) in [5.74, 6) is 0. The average molecular weight is 215 g/mol. The summed E-state index contributed by atoms with van der Waals surface area (Å²) in [6.45, 7) is 0. The highest BCUT2D eigenvalue weighted by atomic mass is 32.1. The number of rotatable bonds is 1. The molecule has 0 radical (unpaired) electrons. The zero-order valence-electron chi connectivity index (χ0n) is 7.90. The van der Waals surface area contributed by atoms with Gasteiger partial charge in [-0.25, -0.2) is 0 Å². The molecule has 4 heteroatoms. The van der Waals surface area contributed by atoms with Crippen LogP contribution < -0.4 is 11.5 Å². The number of hydrogen-bond donors (Lipinski definition) is 2. The van der Waals surface area contributed by atoms with Crippen molar-refractivity contribution >= 4 is 22.0 Å². The van der Waals surface area contributed by atoms with Crippen LogP contribution in [0.3, 0.4) is 0 Å². The molecule has 0 saturated heterocycles. The van der Waals surface area contributed by atoms with Gasteiger partial charge >= 0.3 is 0 Å². The summed E-state index contributed by atoms with van der Waals surface area (Å²) in [5.41, 5.74) is 14.4. The maximum absolute atomic E-state index is 8.96. The summed E-state index contributed by atoms with van der Waals surface area (Å²) >= 11 is 1.37. The van der Waals surface area contributed by atoms with Crippen LogP contribution in [-0.4, -0.2) is 0 Å². The van der Waals surface area contributed by atoms with Crippen molar-refractivity contribution in [2.75, 3.05) is 11.5 Å². The van der Waals surface area contributed by atoms with Crippen molar-refractivity contribution in [1.29, 1.82) is 5.26 Å². The lowest BCUT2D eigenvalue weighted by Crippen LogP contribution is -1.87. The predicted octanol–water partition coefficient (Wildman–Crippen LogP) is 2.45. The zero-order valence-corrected chi connectivity index (χ0v) is 8.71. The van der Waals surface area contributed by atoms with Crippen molar-refractivity contribution in [2.24, 2.45) is 0 Å². The lowest BCUT2D eigenvalue weighted by atomic mass is 10.0. The van der Waals surface area contributed by atoms with Crippen LogP contribution in [0.2, 0.25) is 0 Å². The number of nitrogens with zero attached hydrogens (tertiary/aromatic N) is 1. The predicted molar refractivity (Wildman–Crippen MR) is 63.3 cm³/mol. The summed E-state index contributed by atoms with van der Waals surface area (Å²) in [5, 5.41) is 11.4. The van der Waals surface area contributed by atoms with Gasteiger partial charge in [-0.2, -0.15) is 5.26 Å². The van der Waals surface area contributed by atoms with E-state index in [0.29, 0.717) is 16.3 Å². The van der Waals surface area contributed by atoms with Crippen molar-refractivity contribution < 1.29 is 0 Å². The van der Waals surface area contributed by atoms with Gasteiger partial charge in [0.15, 0.2) is 0 Å². The molecule has 1 heterocycles. The van der Waals surface area contributed by atoms with Crippen LogP contribution in [0.15, 0.2) is 29.6 Å². The van der Waals surface area contributed by atoms with Gasteiger partial charge in [0, 0.05) is 16.6 Å². The summed E-state index contributed by atoms with van der Waals surface area (Å²) in [6, 6.07) is 9.53. The Hall–Kier alpha value is -1.99. The van der Waals surface area contributed by atoms with Crippen LogP contribution in [0.5, 0.6) is 0 Å². The number of nitrogens with two attached hydrogens (primary N) is 2. The molecule has 0 saturated carbocycles. The fourth-order valence-corrected chi connectivity index (χ4v) is 2.18. The van der Waals surface area contributed by atoms with E-state index in [1.165, 1.54) is 11.3 Å². The summed E-state index contributed by atoms with van der Waals surface area (Å²) in [4.78, 5) is 0. The zero-order chi connectivity index (χ0) is 10.8. The van der Waals surface area contributed by atoms with Crippen molar-refractivity contribution in [2.45, 2.75) is 0 Å². The maximum atomic E-state index is 8.96. The summed E-state index contributed by atoms with van der Waals surface area (Å²) in [7, 11) is 0. The van der Waals surface area contributed by atoms with Crippen LogP contribution in [-0.2, 0) is 0 Å². The molecule has 2 aromatic rings. The second-order valence-corrected chi connectivity index (χ2v) is 4.04. The molecule has 0 amide bonds. The quantitative estimate of drug-likeness (QED) is 0.717. The van der Waals surface area contributed by atoms with Gasteiger partial charge < -0.3 is 11.5 Å². The Balaban J connectivity index is 2.60. The van der Waals surface area contributed by atoms with E-state index in [9.17, 15) is 0 Å². The Morgan fingerprint density at radius 3 is 2.73 bits per heavy atom.